The van der Waals surface area contributed by atoms with Gasteiger partial charge in [-0.3, -0.25) is 10.1 Å². The number of aromatic nitrogens is 2. The third-order valence-electron chi connectivity index (χ3n) is 4.23. The number of hydrogen-bond donors (Lipinski definition) is 1. The molecule has 1 aliphatic heterocycles. The Labute approximate surface area is 176 Å². The van der Waals surface area contributed by atoms with Gasteiger partial charge in [-0.1, -0.05) is 17.4 Å². The average molecular weight is 457 g/mol. The zero-order valence-corrected chi connectivity index (χ0v) is 18.1. The molecule has 0 radical (unpaired) electrons. The van der Waals surface area contributed by atoms with Gasteiger partial charge in [0.1, 0.15) is 0 Å². The average Bonchev–Trinajstić information content (AvgIpc) is 3.14. The fourth-order valence-corrected chi connectivity index (χ4v) is 5.88. The molecule has 29 heavy (non-hydrogen) atoms. The molecule has 10 nitrogen and oxygen atoms in total. The third kappa shape index (κ3) is 5.11. The van der Waals surface area contributed by atoms with Gasteiger partial charge in [0.2, 0.25) is 15.2 Å². The molecule has 0 bridgehead atoms. The monoisotopic (exact) mass is 456 g/mol. The van der Waals surface area contributed by atoms with E-state index in [1.165, 1.54) is 27.8 Å². The maximum absolute atomic E-state index is 12.9. The zero-order valence-electron chi connectivity index (χ0n) is 15.6. The number of anilines is 1. The Morgan fingerprint density at radius 2 is 2.07 bits per heavy atom. The summed E-state index contributed by atoms with van der Waals surface area (Å²) >= 11 is 2.32. The van der Waals surface area contributed by atoms with Crippen LogP contribution in [0.1, 0.15) is 0 Å². The van der Waals surface area contributed by atoms with E-state index in [-0.39, 0.29) is 10.6 Å². The van der Waals surface area contributed by atoms with Crippen LogP contribution >= 0.6 is 23.1 Å². The Bertz CT molecular complexity index is 1000. The third-order valence-corrected chi connectivity index (χ3v) is 8.12. The van der Waals surface area contributed by atoms with Crippen LogP contribution in [0.5, 0.6) is 0 Å². The van der Waals surface area contributed by atoms with Gasteiger partial charge in [-0.05, 0) is 30.9 Å². The number of likely N-dealkylation sites (N-methyl/N-ethyl adjacent to an activating group) is 1. The lowest BCUT2D eigenvalue weighted by Gasteiger charge is -2.31. The van der Waals surface area contributed by atoms with Crippen molar-refractivity contribution in [2.24, 2.45) is 0 Å². The molecule has 0 spiro atoms. The summed E-state index contributed by atoms with van der Waals surface area (Å²) in [6, 6.07) is 3.97. The quantitative estimate of drug-likeness (QED) is 0.361. The second-order valence-electron chi connectivity index (χ2n) is 6.24. The topological polar surface area (TPSA) is 122 Å². The number of hydrogen-bond acceptors (Lipinski definition) is 10. The van der Waals surface area contributed by atoms with Crippen LogP contribution in [-0.4, -0.2) is 72.5 Å². The lowest BCUT2D eigenvalue weighted by atomic mass is 10.3. The van der Waals surface area contributed by atoms with E-state index in [9.17, 15) is 18.5 Å². The summed E-state index contributed by atoms with van der Waals surface area (Å²) < 4.78 is 27.6. The number of piperazine rings is 1. The molecule has 13 heteroatoms. The zero-order chi connectivity index (χ0) is 21.0. The van der Waals surface area contributed by atoms with Crippen molar-refractivity contribution < 1.29 is 13.3 Å². The summed E-state index contributed by atoms with van der Waals surface area (Å²) in [6.07, 6.45) is 1.68. The number of rotatable bonds is 8. The molecule has 1 aliphatic rings. The summed E-state index contributed by atoms with van der Waals surface area (Å²) in [7, 11) is -1.87. The molecule has 1 saturated heterocycles. The van der Waals surface area contributed by atoms with Crippen molar-refractivity contribution in [3.63, 3.8) is 0 Å². The SMILES string of the molecule is C=CCNc1nnc(Sc2ccc(S(=O)(=O)N3CCN(C)CC3)cc2[N+](=O)[O-])s1. The molecule has 1 aromatic heterocycles. The molecule has 1 fully saturated rings. The number of nitrogens with zero attached hydrogens (tertiary/aromatic N) is 5. The normalized spacial score (nSPS) is 15.9. The van der Waals surface area contributed by atoms with Gasteiger partial charge in [-0.15, -0.1) is 16.8 Å². The van der Waals surface area contributed by atoms with Crippen LogP contribution < -0.4 is 5.32 Å². The Balaban J connectivity index is 1.84. The van der Waals surface area contributed by atoms with E-state index in [0.29, 0.717) is 47.1 Å². The van der Waals surface area contributed by atoms with Gasteiger partial charge in [0, 0.05) is 38.8 Å². The van der Waals surface area contributed by atoms with Crippen molar-refractivity contribution in [3.8, 4) is 0 Å². The molecule has 3 rings (SSSR count). The fourth-order valence-electron chi connectivity index (χ4n) is 2.64. The highest BCUT2D eigenvalue weighted by Gasteiger charge is 2.30. The number of nitro benzene ring substituents is 1. The van der Waals surface area contributed by atoms with Gasteiger partial charge in [0.25, 0.3) is 5.69 Å². The summed E-state index contributed by atoms with van der Waals surface area (Å²) in [6.45, 7) is 6.08. The summed E-state index contributed by atoms with van der Waals surface area (Å²) in [5.74, 6) is 0. The van der Waals surface area contributed by atoms with Crippen molar-refractivity contribution in [2.45, 2.75) is 14.1 Å². The highest BCUT2D eigenvalue weighted by atomic mass is 32.2. The minimum atomic E-state index is -3.79. The smallest absolute Gasteiger partial charge is 0.284 e. The minimum Gasteiger partial charge on any atom is -0.357 e. The predicted octanol–water partition coefficient (Wildman–Crippen LogP) is 2.13. The molecule has 0 unspecified atom stereocenters. The van der Waals surface area contributed by atoms with Gasteiger partial charge in [-0.2, -0.15) is 4.31 Å². The fraction of sp³-hybridized carbons (Fsp3) is 0.375. The van der Waals surface area contributed by atoms with Gasteiger partial charge in [-0.25, -0.2) is 8.42 Å². The van der Waals surface area contributed by atoms with E-state index in [4.69, 9.17) is 0 Å². The van der Waals surface area contributed by atoms with E-state index >= 15 is 0 Å². The highest BCUT2D eigenvalue weighted by Crippen LogP contribution is 2.38. The summed E-state index contributed by atoms with van der Waals surface area (Å²) in [4.78, 5) is 13.3. The first-order chi connectivity index (χ1) is 13.8. The first-order valence-electron chi connectivity index (χ1n) is 8.64. The Morgan fingerprint density at radius 3 is 2.72 bits per heavy atom. The van der Waals surface area contributed by atoms with E-state index in [1.807, 2.05) is 11.9 Å². The Morgan fingerprint density at radius 1 is 1.34 bits per heavy atom. The first-order valence-corrected chi connectivity index (χ1v) is 11.7. The van der Waals surface area contributed by atoms with Crippen molar-refractivity contribution in [1.29, 1.82) is 0 Å². The lowest BCUT2D eigenvalue weighted by Crippen LogP contribution is -2.47. The Hall–Kier alpha value is -2.06. The van der Waals surface area contributed by atoms with E-state index in [0.717, 1.165) is 17.8 Å². The van der Waals surface area contributed by atoms with E-state index < -0.39 is 14.9 Å². The van der Waals surface area contributed by atoms with Crippen LogP contribution in [0, 0.1) is 10.1 Å². The van der Waals surface area contributed by atoms with Crippen LogP contribution in [0.3, 0.4) is 0 Å². The second kappa shape index (κ2) is 9.17. The van der Waals surface area contributed by atoms with Gasteiger partial charge in [0.15, 0.2) is 4.34 Å². The molecule has 0 saturated carbocycles. The molecule has 2 aromatic rings. The molecule has 1 N–H and O–H groups in total. The predicted molar refractivity (Wildman–Crippen MR) is 112 cm³/mol. The van der Waals surface area contributed by atoms with Crippen LogP contribution in [0.15, 0.2) is 45.0 Å². The lowest BCUT2D eigenvalue weighted by molar-refractivity contribution is -0.388. The van der Waals surface area contributed by atoms with Crippen LogP contribution in [0.25, 0.3) is 0 Å². The molecular weight excluding hydrogens is 436 g/mol. The highest BCUT2D eigenvalue weighted by molar-refractivity contribution is 8.01. The van der Waals surface area contributed by atoms with Crippen molar-refractivity contribution >= 4 is 43.9 Å². The number of nitro groups is 1. The molecule has 156 valence electrons. The molecule has 0 atom stereocenters. The van der Waals surface area contributed by atoms with Crippen molar-refractivity contribution in [1.82, 2.24) is 19.4 Å². The molecular formula is C16H20N6O4S3. The largest absolute Gasteiger partial charge is 0.357 e. The second-order valence-corrected chi connectivity index (χ2v) is 10.4. The standard InChI is InChI=1S/C16H20N6O4S3/c1-3-6-17-15-18-19-16(28-15)27-14-5-4-12(11-13(14)22(23)24)29(25,26)21-9-7-20(2)8-10-21/h3-5,11H,1,6-10H2,2H3,(H,17,18). The Kier molecular flexibility index (Phi) is 6.85. The maximum atomic E-state index is 12.9. The summed E-state index contributed by atoms with van der Waals surface area (Å²) in [5.41, 5.74) is -0.277. The van der Waals surface area contributed by atoms with Gasteiger partial charge in [0.05, 0.1) is 14.7 Å². The van der Waals surface area contributed by atoms with Crippen LogP contribution in [0.2, 0.25) is 0 Å². The first kappa shape index (κ1) is 21.6. The molecule has 0 amide bonds. The van der Waals surface area contributed by atoms with Crippen LogP contribution in [0.4, 0.5) is 10.8 Å². The molecule has 0 aliphatic carbocycles. The number of sulfonamides is 1. The van der Waals surface area contributed by atoms with E-state index in [2.05, 4.69) is 22.1 Å². The van der Waals surface area contributed by atoms with E-state index in [1.54, 1.807) is 6.08 Å². The molecule has 2 heterocycles. The van der Waals surface area contributed by atoms with Gasteiger partial charge < -0.3 is 10.2 Å². The maximum Gasteiger partial charge on any atom is 0.284 e. The minimum absolute atomic E-state index is 0.0799. The van der Waals surface area contributed by atoms with Crippen molar-refractivity contribution in [2.75, 3.05) is 45.1 Å². The van der Waals surface area contributed by atoms with Crippen LogP contribution in [-0.2, 0) is 10.0 Å². The number of benzene rings is 1. The van der Waals surface area contributed by atoms with Crippen molar-refractivity contribution in [3.05, 3.63) is 41.0 Å². The number of nitrogens with one attached hydrogen (secondary N) is 1. The summed E-state index contributed by atoms with van der Waals surface area (Å²) in [5, 5.41) is 23.1. The molecule has 1 aromatic carbocycles. The van der Waals surface area contributed by atoms with Gasteiger partial charge >= 0.3 is 0 Å².